The van der Waals surface area contributed by atoms with E-state index >= 15 is 0 Å². The Morgan fingerprint density at radius 3 is 2.61 bits per heavy atom. The summed E-state index contributed by atoms with van der Waals surface area (Å²) in [5.74, 6) is 1.07. The van der Waals surface area contributed by atoms with Crippen molar-refractivity contribution in [1.82, 2.24) is 15.3 Å². The van der Waals surface area contributed by atoms with Crippen molar-refractivity contribution in [3.8, 4) is 0 Å². The van der Waals surface area contributed by atoms with Gasteiger partial charge in [-0.1, -0.05) is 13.8 Å². The first-order valence-electron chi connectivity index (χ1n) is 6.33. The molecule has 0 aliphatic carbocycles. The standard InChI is InChI=1S/C13H22N4O/c1-9(2)5-6-10(3)16-13(18)11-7-15-8-12(14-4)17-11/h7-10H,5-6H2,1-4H3,(H,14,17)(H,16,18). The van der Waals surface area contributed by atoms with Gasteiger partial charge in [0.15, 0.2) is 0 Å². The monoisotopic (exact) mass is 250 g/mol. The van der Waals surface area contributed by atoms with Gasteiger partial charge in [-0.05, 0) is 25.7 Å². The largest absolute Gasteiger partial charge is 0.372 e. The minimum absolute atomic E-state index is 0.153. The molecule has 0 saturated carbocycles. The van der Waals surface area contributed by atoms with E-state index in [2.05, 4.69) is 34.4 Å². The van der Waals surface area contributed by atoms with Gasteiger partial charge in [-0.15, -0.1) is 0 Å². The summed E-state index contributed by atoms with van der Waals surface area (Å²) in [5, 5.41) is 5.80. The van der Waals surface area contributed by atoms with Gasteiger partial charge in [-0.2, -0.15) is 0 Å². The van der Waals surface area contributed by atoms with Crippen LogP contribution in [0.1, 0.15) is 44.1 Å². The lowest BCUT2D eigenvalue weighted by atomic mass is 10.0. The number of rotatable bonds is 6. The van der Waals surface area contributed by atoms with Gasteiger partial charge in [0.1, 0.15) is 11.5 Å². The molecule has 1 heterocycles. The normalized spacial score (nSPS) is 12.3. The summed E-state index contributed by atoms with van der Waals surface area (Å²) in [6, 6.07) is 0.153. The summed E-state index contributed by atoms with van der Waals surface area (Å²) >= 11 is 0. The summed E-state index contributed by atoms with van der Waals surface area (Å²) in [6.07, 6.45) is 5.14. The molecule has 1 aromatic rings. The third-order valence-electron chi connectivity index (χ3n) is 2.68. The Balaban J connectivity index is 2.53. The van der Waals surface area contributed by atoms with Crippen molar-refractivity contribution in [2.45, 2.75) is 39.7 Å². The molecule has 0 spiro atoms. The van der Waals surface area contributed by atoms with E-state index < -0.39 is 0 Å². The molecule has 100 valence electrons. The van der Waals surface area contributed by atoms with E-state index in [9.17, 15) is 4.79 Å². The maximum Gasteiger partial charge on any atom is 0.271 e. The van der Waals surface area contributed by atoms with E-state index in [4.69, 9.17) is 0 Å². The minimum atomic E-state index is -0.171. The molecule has 0 aromatic carbocycles. The van der Waals surface area contributed by atoms with Crippen molar-refractivity contribution < 1.29 is 4.79 Å². The molecule has 18 heavy (non-hydrogen) atoms. The van der Waals surface area contributed by atoms with E-state index in [-0.39, 0.29) is 11.9 Å². The highest BCUT2D eigenvalue weighted by Gasteiger charge is 2.12. The highest BCUT2D eigenvalue weighted by Crippen LogP contribution is 2.07. The molecule has 0 aliphatic heterocycles. The van der Waals surface area contributed by atoms with Crippen LogP contribution in [0.15, 0.2) is 12.4 Å². The van der Waals surface area contributed by atoms with Crippen molar-refractivity contribution in [2.75, 3.05) is 12.4 Å². The quantitative estimate of drug-likeness (QED) is 0.811. The minimum Gasteiger partial charge on any atom is -0.372 e. The average Bonchev–Trinajstić information content (AvgIpc) is 2.36. The lowest BCUT2D eigenvalue weighted by molar-refractivity contribution is 0.0932. The van der Waals surface area contributed by atoms with Crippen LogP contribution in [0.3, 0.4) is 0 Å². The Kier molecular flexibility index (Phi) is 5.55. The second-order valence-electron chi connectivity index (χ2n) is 4.89. The maximum atomic E-state index is 11.9. The Morgan fingerprint density at radius 1 is 1.28 bits per heavy atom. The van der Waals surface area contributed by atoms with Crippen LogP contribution >= 0.6 is 0 Å². The number of anilines is 1. The van der Waals surface area contributed by atoms with Crippen LogP contribution in [0.25, 0.3) is 0 Å². The first kappa shape index (κ1) is 14.4. The van der Waals surface area contributed by atoms with Gasteiger partial charge in [0, 0.05) is 13.1 Å². The zero-order valence-electron chi connectivity index (χ0n) is 11.5. The highest BCUT2D eigenvalue weighted by atomic mass is 16.1. The van der Waals surface area contributed by atoms with Crippen molar-refractivity contribution in [3.63, 3.8) is 0 Å². The number of nitrogens with one attached hydrogen (secondary N) is 2. The van der Waals surface area contributed by atoms with Crippen LogP contribution < -0.4 is 10.6 Å². The van der Waals surface area contributed by atoms with Gasteiger partial charge in [0.25, 0.3) is 5.91 Å². The van der Waals surface area contributed by atoms with Gasteiger partial charge in [0.05, 0.1) is 12.4 Å². The molecule has 0 aliphatic rings. The summed E-state index contributed by atoms with van der Waals surface area (Å²) in [4.78, 5) is 20.1. The first-order valence-corrected chi connectivity index (χ1v) is 6.33. The van der Waals surface area contributed by atoms with E-state index in [1.807, 2.05) is 6.92 Å². The number of hydrogen-bond acceptors (Lipinski definition) is 4. The van der Waals surface area contributed by atoms with E-state index in [0.29, 0.717) is 17.4 Å². The maximum absolute atomic E-state index is 11.9. The van der Waals surface area contributed by atoms with Gasteiger partial charge in [0.2, 0.25) is 0 Å². The zero-order valence-corrected chi connectivity index (χ0v) is 11.5. The summed E-state index contributed by atoms with van der Waals surface area (Å²) in [5.41, 5.74) is 0.346. The van der Waals surface area contributed by atoms with E-state index in [0.717, 1.165) is 12.8 Å². The zero-order chi connectivity index (χ0) is 13.5. The van der Waals surface area contributed by atoms with E-state index in [1.54, 1.807) is 13.2 Å². The van der Waals surface area contributed by atoms with Crippen LogP contribution in [-0.2, 0) is 0 Å². The molecular formula is C13H22N4O. The number of carbonyl (C=O) groups excluding carboxylic acids is 1. The van der Waals surface area contributed by atoms with Crippen molar-refractivity contribution in [1.29, 1.82) is 0 Å². The summed E-state index contributed by atoms with van der Waals surface area (Å²) in [6.45, 7) is 6.36. The van der Waals surface area contributed by atoms with Crippen LogP contribution in [0.2, 0.25) is 0 Å². The molecule has 1 atom stereocenters. The molecule has 0 fully saturated rings. The smallest absolute Gasteiger partial charge is 0.271 e. The third-order valence-corrected chi connectivity index (χ3v) is 2.68. The lowest BCUT2D eigenvalue weighted by Crippen LogP contribution is -2.33. The molecule has 0 bridgehead atoms. The van der Waals surface area contributed by atoms with Crippen LogP contribution in [0, 0.1) is 5.92 Å². The molecule has 0 radical (unpaired) electrons. The van der Waals surface area contributed by atoms with Gasteiger partial charge < -0.3 is 10.6 Å². The number of nitrogens with zero attached hydrogens (tertiary/aromatic N) is 2. The molecule has 1 aromatic heterocycles. The van der Waals surface area contributed by atoms with Gasteiger partial charge in [-0.25, -0.2) is 4.98 Å². The molecule has 1 unspecified atom stereocenters. The number of amides is 1. The van der Waals surface area contributed by atoms with Crippen LogP contribution in [0.5, 0.6) is 0 Å². The van der Waals surface area contributed by atoms with Gasteiger partial charge in [-0.3, -0.25) is 9.78 Å². The van der Waals surface area contributed by atoms with Crippen LogP contribution in [-0.4, -0.2) is 29.0 Å². The number of aromatic nitrogens is 2. The number of carbonyl (C=O) groups is 1. The molecule has 1 amide bonds. The predicted molar refractivity (Wildman–Crippen MR) is 72.6 cm³/mol. The van der Waals surface area contributed by atoms with Crippen LogP contribution in [0.4, 0.5) is 5.82 Å². The van der Waals surface area contributed by atoms with Gasteiger partial charge >= 0.3 is 0 Å². The second kappa shape index (κ2) is 6.93. The number of hydrogen-bond donors (Lipinski definition) is 2. The highest BCUT2D eigenvalue weighted by molar-refractivity contribution is 5.92. The molecule has 2 N–H and O–H groups in total. The molecular weight excluding hydrogens is 228 g/mol. The lowest BCUT2D eigenvalue weighted by Gasteiger charge is -2.14. The Labute approximate surface area is 108 Å². The second-order valence-corrected chi connectivity index (χ2v) is 4.89. The molecule has 1 rings (SSSR count). The topological polar surface area (TPSA) is 66.9 Å². The Morgan fingerprint density at radius 2 is 2.00 bits per heavy atom. The summed E-state index contributed by atoms with van der Waals surface area (Å²) < 4.78 is 0. The Bertz CT molecular complexity index is 392. The molecule has 5 heteroatoms. The SMILES string of the molecule is CNc1cncc(C(=O)NC(C)CCC(C)C)n1. The van der Waals surface area contributed by atoms with Crippen molar-refractivity contribution in [3.05, 3.63) is 18.1 Å². The fourth-order valence-corrected chi connectivity index (χ4v) is 1.55. The average molecular weight is 250 g/mol. The van der Waals surface area contributed by atoms with E-state index in [1.165, 1.54) is 6.20 Å². The summed E-state index contributed by atoms with van der Waals surface area (Å²) in [7, 11) is 1.75. The van der Waals surface area contributed by atoms with Crippen molar-refractivity contribution in [2.24, 2.45) is 5.92 Å². The Hall–Kier alpha value is -1.65. The molecule has 0 saturated heterocycles. The fraction of sp³-hybridized carbons (Fsp3) is 0.615. The molecule has 5 nitrogen and oxygen atoms in total. The fourth-order valence-electron chi connectivity index (χ4n) is 1.55. The third kappa shape index (κ3) is 4.69. The van der Waals surface area contributed by atoms with Crippen molar-refractivity contribution >= 4 is 11.7 Å². The first-order chi connectivity index (χ1) is 8.52. The predicted octanol–water partition coefficient (Wildman–Crippen LogP) is 2.07.